The molecule has 1 heterocycles. The minimum atomic E-state index is 0.196. The third-order valence-corrected chi connectivity index (χ3v) is 4.77. The van der Waals surface area contributed by atoms with Gasteiger partial charge in [-0.3, -0.25) is 0 Å². The first-order valence-corrected chi connectivity index (χ1v) is 7.52. The van der Waals surface area contributed by atoms with Crippen LogP contribution in [-0.2, 0) is 5.41 Å². The molecule has 0 radical (unpaired) electrons. The van der Waals surface area contributed by atoms with Crippen LogP contribution in [0.3, 0.4) is 0 Å². The SMILES string of the molecule is Cc1ccc(C2(c3ccccc3)CCN(C)CC2)cc1. The second-order valence-electron chi connectivity index (χ2n) is 6.12. The van der Waals surface area contributed by atoms with E-state index in [-0.39, 0.29) is 5.41 Å². The van der Waals surface area contributed by atoms with Crippen molar-refractivity contribution in [3.8, 4) is 0 Å². The van der Waals surface area contributed by atoms with E-state index >= 15 is 0 Å². The first-order chi connectivity index (χ1) is 9.71. The predicted molar refractivity (Wildman–Crippen MR) is 85.1 cm³/mol. The molecule has 0 aliphatic carbocycles. The molecule has 1 nitrogen and oxygen atoms in total. The van der Waals surface area contributed by atoms with Gasteiger partial charge in [0.2, 0.25) is 0 Å². The largest absolute Gasteiger partial charge is 0.306 e. The summed E-state index contributed by atoms with van der Waals surface area (Å²) in [6.45, 7) is 4.50. The highest BCUT2D eigenvalue weighted by molar-refractivity contribution is 5.41. The smallest absolute Gasteiger partial charge is 0.0227 e. The molecular formula is C19H23N. The van der Waals surface area contributed by atoms with E-state index in [2.05, 4.69) is 73.5 Å². The van der Waals surface area contributed by atoms with Crippen LogP contribution < -0.4 is 0 Å². The normalized spacial score (nSPS) is 18.9. The molecular weight excluding hydrogens is 242 g/mol. The highest BCUT2D eigenvalue weighted by atomic mass is 15.1. The van der Waals surface area contributed by atoms with E-state index in [0.717, 1.165) is 0 Å². The van der Waals surface area contributed by atoms with Crippen molar-refractivity contribution in [2.75, 3.05) is 20.1 Å². The molecule has 2 aromatic rings. The van der Waals surface area contributed by atoms with E-state index in [9.17, 15) is 0 Å². The fraction of sp³-hybridized carbons (Fsp3) is 0.368. The first kappa shape index (κ1) is 13.4. The van der Waals surface area contributed by atoms with Gasteiger partial charge < -0.3 is 4.90 Å². The van der Waals surface area contributed by atoms with Gasteiger partial charge in [-0.2, -0.15) is 0 Å². The first-order valence-electron chi connectivity index (χ1n) is 7.52. The average molecular weight is 265 g/mol. The Morgan fingerprint density at radius 2 is 1.35 bits per heavy atom. The predicted octanol–water partition coefficient (Wildman–Crippen LogP) is 4.01. The lowest BCUT2D eigenvalue weighted by molar-refractivity contribution is 0.213. The van der Waals surface area contributed by atoms with Crippen LogP contribution in [0, 0.1) is 6.92 Å². The van der Waals surface area contributed by atoms with Crippen molar-refractivity contribution in [3.63, 3.8) is 0 Å². The Kier molecular flexibility index (Phi) is 3.62. The lowest BCUT2D eigenvalue weighted by Crippen LogP contribution is -2.41. The van der Waals surface area contributed by atoms with Gasteiger partial charge in [-0.1, -0.05) is 60.2 Å². The van der Waals surface area contributed by atoms with Gasteiger partial charge in [-0.15, -0.1) is 0 Å². The van der Waals surface area contributed by atoms with Crippen molar-refractivity contribution in [2.24, 2.45) is 0 Å². The maximum Gasteiger partial charge on any atom is 0.0227 e. The van der Waals surface area contributed by atoms with Gasteiger partial charge in [0.15, 0.2) is 0 Å². The Labute approximate surface area is 122 Å². The summed E-state index contributed by atoms with van der Waals surface area (Å²) in [6.07, 6.45) is 2.41. The molecule has 0 aromatic heterocycles. The van der Waals surface area contributed by atoms with E-state index in [0.29, 0.717) is 0 Å². The van der Waals surface area contributed by atoms with E-state index in [1.165, 1.54) is 42.6 Å². The number of nitrogens with zero attached hydrogens (tertiary/aromatic N) is 1. The second-order valence-corrected chi connectivity index (χ2v) is 6.12. The fourth-order valence-electron chi connectivity index (χ4n) is 3.37. The molecule has 0 amide bonds. The van der Waals surface area contributed by atoms with Gasteiger partial charge in [0.1, 0.15) is 0 Å². The third-order valence-electron chi connectivity index (χ3n) is 4.77. The summed E-state index contributed by atoms with van der Waals surface area (Å²) in [4.78, 5) is 2.44. The lowest BCUT2D eigenvalue weighted by Gasteiger charge is -2.42. The summed E-state index contributed by atoms with van der Waals surface area (Å²) < 4.78 is 0. The minimum absolute atomic E-state index is 0.196. The van der Waals surface area contributed by atoms with Crippen molar-refractivity contribution in [1.29, 1.82) is 0 Å². The Hall–Kier alpha value is -1.60. The molecule has 1 saturated heterocycles. The summed E-state index contributed by atoms with van der Waals surface area (Å²) >= 11 is 0. The van der Waals surface area contributed by atoms with Crippen LogP contribution in [0.2, 0.25) is 0 Å². The molecule has 0 N–H and O–H groups in total. The highest BCUT2D eigenvalue weighted by Crippen LogP contribution is 2.41. The van der Waals surface area contributed by atoms with Crippen LogP contribution in [0.1, 0.15) is 29.5 Å². The third kappa shape index (κ3) is 2.38. The monoisotopic (exact) mass is 265 g/mol. The molecule has 1 aliphatic rings. The van der Waals surface area contributed by atoms with E-state index in [4.69, 9.17) is 0 Å². The zero-order valence-electron chi connectivity index (χ0n) is 12.5. The summed E-state index contributed by atoms with van der Waals surface area (Å²) in [7, 11) is 2.23. The molecule has 0 unspecified atom stereocenters. The van der Waals surface area contributed by atoms with Crippen molar-refractivity contribution >= 4 is 0 Å². The topological polar surface area (TPSA) is 3.24 Å². The van der Waals surface area contributed by atoms with Gasteiger partial charge in [0.05, 0.1) is 0 Å². The molecule has 0 spiro atoms. The van der Waals surface area contributed by atoms with Gasteiger partial charge in [0, 0.05) is 5.41 Å². The zero-order valence-corrected chi connectivity index (χ0v) is 12.5. The second kappa shape index (κ2) is 5.41. The number of hydrogen-bond acceptors (Lipinski definition) is 1. The Morgan fingerprint density at radius 3 is 1.95 bits per heavy atom. The van der Waals surface area contributed by atoms with Crippen LogP contribution in [0.4, 0.5) is 0 Å². The van der Waals surface area contributed by atoms with Crippen LogP contribution in [0.15, 0.2) is 54.6 Å². The molecule has 20 heavy (non-hydrogen) atoms. The van der Waals surface area contributed by atoms with Crippen molar-refractivity contribution < 1.29 is 0 Å². The number of aryl methyl sites for hydroxylation is 1. The highest BCUT2D eigenvalue weighted by Gasteiger charge is 2.36. The quantitative estimate of drug-likeness (QED) is 0.793. The van der Waals surface area contributed by atoms with E-state index in [1.54, 1.807) is 0 Å². The van der Waals surface area contributed by atoms with E-state index in [1.807, 2.05) is 0 Å². The number of likely N-dealkylation sites (tertiary alicyclic amines) is 1. The van der Waals surface area contributed by atoms with Crippen LogP contribution in [-0.4, -0.2) is 25.0 Å². The van der Waals surface area contributed by atoms with Gasteiger partial charge in [-0.05, 0) is 51.0 Å². The minimum Gasteiger partial charge on any atom is -0.306 e. The maximum atomic E-state index is 2.44. The Balaban J connectivity index is 2.06. The Bertz CT molecular complexity index is 548. The number of benzene rings is 2. The molecule has 2 aromatic carbocycles. The van der Waals surface area contributed by atoms with E-state index < -0.39 is 0 Å². The summed E-state index contributed by atoms with van der Waals surface area (Å²) in [6, 6.07) is 20.2. The van der Waals surface area contributed by atoms with Gasteiger partial charge in [0.25, 0.3) is 0 Å². The van der Waals surface area contributed by atoms with Crippen molar-refractivity contribution in [1.82, 2.24) is 4.90 Å². The van der Waals surface area contributed by atoms with Gasteiger partial charge >= 0.3 is 0 Å². The standard InChI is InChI=1S/C19H23N/c1-16-8-10-18(11-9-16)19(12-14-20(2)15-13-19)17-6-4-3-5-7-17/h3-11H,12-15H2,1-2H3. The number of rotatable bonds is 2. The van der Waals surface area contributed by atoms with Gasteiger partial charge in [-0.25, -0.2) is 0 Å². The molecule has 104 valence electrons. The molecule has 1 fully saturated rings. The van der Waals surface area contributed by atoms with Crippen LogP contribution >= 0.6 is 0 Å². The molecule has 1 aliphatic heterocycles. The molecule has 0 bridgehead atoms. The fourth-order valence-corrected chi connectivity index (χ4v) is 3.37. The number of hydrogen-bond donors (Lipinski definition) is 0. The summed E-state index contributed by atoms with van der Waals surface area (Å²) in [5, 5.41) is 0. The van der Waals surface area contributed by atoms with Crippen LogP contribution in [0.25, 0.3) is 0 Å². The molecule has 3 rings (SSSR count). The molecule has 0 saturated carbocycles. The molecule has 0 atom stereocenters. The summed E-state index contributed by atoms with van der Waals surface area (Å²) in [5.74, 6) is 0. The average Bonchev–Trinajstić information content (AvgIpc) is 2.50. The lowest BCUT2D eigenvalue weighted by atomic mass is 9.68. The zero-order chi connectivity index (χ0) is 14.0. The van der Waals surface area contributed by atoms with Crippen LogP contribution in [0.5, 0.6) is 0 Å². The Morgan fingerprint density at radius 1 is 0.800 bits per heavy atom. The molecule has 1 heteroatoms. The summed E-state index contributed by atoms with van der Waals surface area (Å²) in [5.41, 5.74) is 4.48. The van der Waals surface area contributed by atoms with Crippen molar-refractivity contribution in [2.45, 2.75) is 25.2 Å². The maximum absolute atomic E-state index is 2.44. The number of piperidine rings is 1. The van der Waals surface area contributed by atoms with Crippen molar-refractivity contribution in [3.05, 3.63) is 71.3 Å².